The van der Waals surface area contributed by atoms with Crippen molar-refractivity contribution in [1.29, 1.82) is 0 Å². The van der Waals surface area contributed by atoms with Crippen molar-refractivity contribution >= 4 is 0 Å². The third-order valence-corrected chi connectivity index (χ3v) is 5.31. The van der Waals surface area contributed by atoms with Crippen LogP contribution in [0, 0.1) is 0 Å². The van der Waals surface area contributed by atoms with E-state index in [0.717, 1.165) is 37.5 Å². The molecule has 2 heterocycles. The van der Waals surface area contributed by atoms with E-state index in [2.05, 4.69) is 15.9 Å². The van der Waals surface area contributed by atoms with Crippen LogP contribution in [0.2, 0.25) is 0 Å². The molecule has 2 aliphatic carbocycles. The van der Waals surface area contributed by atoms with Gasteiger partial charge in [0.1, 0.15) is 5.76 Å². The Bertz CT molecular complexity index is 452. The number of hydrogen-bond acceptors (Lipinski definition) is 4. The summed E-state index contributed by atoms with van der Waals surface area (Å²) >= 11 is 0. The van der Waals surface area contributed by atoms with Gasteiger partial charge in [-0.15, -0.1) is 0 Å². The average molecular weight is 275 g/mol. The Labute approximate surface area is 120 Å². The molecule has 20 heavy (non-hydrogen) atoms. The summed E-state index contributed by atoms with van der Waals surface area (Å²) in [6, 6.07) is 5.66. The molecular weight excluding hydrogens is 250 g/mol. The van der Waals surface area contributed by atoms with E-state index in [0.29, 0.717) is 0 Å². The normalized spacial score (nSPS) is 31.3. The van der Waals surface area contributed by atoms with Gasteiger partial charge in [0, 0.05) is 37.3 Å². The summed E-state index contributed by atoms with van der Waals surface area (Å²) < 4.78 is 5.58. The zero-order valence-electron chi connectivity index (χ0n) is 12.1. The minimum absolute atomic E-state index is 0.177. The molecule has 4 heteroatoms. The predicted molar refractivity (Wildman–Crippen MR) is 78.3 cm³/mol. The highest BCUT2D eigenvalue weighted by Crippen LogP contribution is 2.41. The van der Waals surface area contributed by atoms with Gasteiger partial charge >= 0.3 is 0 Å². The van der Waals surface area contributed by atoms with E-state index in [9.17, 15) is 0 Å². The third kappa shape index (κ3) is 2.30. The lowest BCUT2D eigenvalue weighted by molar-refractivity contribution is 0.0731. The van der Waals surface area contributed by atoms with Crippen LogP contribution in [-0.2, 0) is 6.54 Å². The van der Waals surface area contributed by atoms with Crippen molar-refractivity contribution in [2.45, 2.75) is 56.3 Å². The lowest BCUT2D eigenvalue weighted by atomic mass is 9.95. The van der Waals surface area contributed by atoms with Crippen LogP contribution in [0.15, 0.2) is 22.8 Å². The van der Waals surface area contributed by atoms with Gasteiger partial charge in [0.25, 0.3) is 0 Å². The minimum Gasteiger partial charge on any atom is -0.468 e. The van der Waals surface area contributed by atoms with Gasteiger partial charge in [-0.25, -0.2) is 0 Å². The molecule has 4 nitrogen and oxygen atoms in total. The first-order valence-electron chi connectivity index (χ1n) is 8.04. The number of nitrogens with two attached hydrogens (primary N) is 1. The van der Waals surface area contributed by atoms with E-state index in [-0.39, 0.29) is 5.54 Å². The molecule has 2 saturated carbocycles. The highest BCUT2D eigenvalue weighted by molar-refractivity contribution is 5.09. The summed E-state index contributed by atoms with van der Waals surface area (Å²) in [5.41, 5.74) is 6.43. The zero-order chi connectivity index (χ0) is 13.6. The van der Waals surface area contributed by atoms with Crippen LogP contribution in [0.5, 0.6) is 0 Å². The first-order chi connectivity index (χ1) is 9.81. The van der Waals surface area contributed by atoms with Gasteiger partial charge in [-0.3, -0.25) is 9.80 Å². The third-order valence-electron chi connectivity index (χ3n) is 5.31. The van der Waals surface area contributed by atoms with Gasteiger partial charge in [-0.05, 0) is 44.2 Å². The second-order valence-corrected chi connectivity index (χ2v) is 6.82. The number of likely N-dealkylation sites (tertiary alicyclic amines) is 1. The highest BCUT2D eigenvalue weighted by atomic mass is 16.3. The zero-order valence-corrected chi connectivity index (χ0v) is 12.1. The molecule has 1 atom stereocenters. The van der Waals surface area contributed by atoms with Crippen LogP contribution in [0.3, 0.4) is 0 Å². The molecule has 0 spiro atoms. The molecule has 1 saturated heterocycles. The molecule has 0 amide bonds. The summed E-state index contributed by atoms with van der Waals surface area (Å²) in [6.07, 6.45) is 8.43. The van der Waals surface area contributed by atoms with Crippen LogP contribution < -0.4 is 5.73 Å². The lowest BCUT2D eigenvalue weighted by Crippen LogP contribution is -2.56. The molecule has 2 N–H and O–H groups in total. The fraction of sp³-hybridized carbons (Fsp3) is 0.750. The molecule has 110 valence electrons. The van der Waals surface area contributed by atoms with Crippen molar-refractivity contribution in [2.24, 2.45) is 5.73 Å². The largest absolute Gasteiger partial charge is 0.468 e. The molecule has 3 fully saturated rings. The Morgan fingerprint density at radius 1 is 1.35 bits per heavy atom. The number of furan rings is 1. The fourth-order valence-corrected chi connectivity index (χ4v) is 3.80. The Morgan fingerprint density at radius 3 is 2.80 bits per heavy atom. The van der Waals surface area contributed by atoms with Crippen molar-refractivity contribution in [3.8, 4) is 0 Å². The Morgan fingerprint density at radius 2 is 2.20 bits per heavy atom. The molecule has 1 aliphatic heterocycles. The van der Waals surface area contributed by atoms with Gasteiger partial charge in [-0.1, -0.05) is 0 Å². The van der Waals surface area contributed by atoms with E-state index in [1.807, 2.05) is 6.07 Å². The first kappa shape index (κ1) is 12.9. The van der Waals surface area contributed by atoms with Crippen molar-refractivity contribution < 1.29 is 4.42 Å². The maximum Gasteiger partial charge on any atom is 0.117 e. The van der Waals surface area contributed by atoms with Crippen molar-refractivity contribution in [2.75, 3.05) is 19.6 Å². The average Bonchev–Trinajstić information content (AvgIpc) is 3.40. The number of nitrogens with zero attached hydrogens (tertiary/aromatic N) is 2. The van der Waals surface area contributed by atoms with Gasteiger partial charge < -0.3 is 10.2 Å². The van der Waals surface area contributed by atoms with Crippen molar-refractivity contribution in [1.82, 2.24) is 9.80 Å². The Hall–Kier alpha value is -0.840. The molecule has 0 bridgehead atoms. The Balaban J connectivity index is 1.53. The quantitative estimate of drug-likeness (QED) is 0.860. The summed E-state index contributed by atoms with van der Waals surface area (Å²) in [5.74, 6) is 1.08. The van der Waals surface area contributed by atoms with Crippen LogP contribution in [0.1, 0.15) is 37.9 Å². The second-order valence-electron chi connectivity index (χ2n) is 6.82. The molecular formula is C16H25N3O. The molecule has 4 rings (SSSR count). The maximum atomic E-state index is 6.25. The Kier molecular flexibility index (Phi) is 3.13. The molecule has 1 aromatic heterocycles. The van der Waals surface area contributed by atoms with Gasteiger partial charge in [-0.2, -0.15) is 0 Å². The summed E-state index contributed by atoms with van der Waals surface area (Å²) in [4.78, 5) is 5.33. The van der Waals surface area contributed by atoms with Gasteiger partial charge in [0.2, 0.25) is 0 Å². The minimum atomic E-state index is 0.177. The molecule has 3 aliphatic rings. The van der Waals surface area contributed by atoms with E-state index in [1.165, 1.54) is 38.6 Å². The van der Waals surface area contributed by atoms with Crippen molar-refractivity contribution in [3.05, 3.63) is 24.2 Å². The van der Waals surface area contributed by atoms with E-state index >= 15 is 0 Å². The van der Waals surface area contributed by atoms with E-state index in [1.54, 1.807) is 6.26 Å². The molecule has 1 unspecified atom stereocenters. The summed E-state index contributed by atoms with van der Waals surface area (Å²) in [6.45, 7) is 4.08. The maximum absolute atomic E-state index is 6.25. The summed E-state index contributed by atoms with van der Waals surface area (Å²) in [7, 11) is 0. The SMILES string of the molecule is NCC1(N(Cc2ccco2)C2CC2)CCN(C2CC2)C1. The molecule has 0 radical (unpaired) electrons. The predicted octanol–water partition coefficient (Wildman–Crippen LogP) is 1.81. The molecule has 1 aromatic rings. The summed E-state index contributed by atoms with van der Waals surface area (Å²) in [5, 5.41) is 0. The van der Waals surface area contributed by atoms with Crippen LogP contribution in [0.4, 0.5) is 0 Å². The highest BCUT2D eigenvalue weighted by Gasteiger charge is 2.49. The van der Waals surface area contributed by atoms with Crippen LogP contribution >= 0.6 is 0 Å². The smallest absolute Gasteiger partial charge is 0.117 e. The van der Waals surface area contributed by atoms with E-state index < -0.39 is 0 Å². The first-order valence-corrected chi connectivity index (χ1v) is 8.04. The van der Waals surface area contributed by atoms with Gasteiger partial charge in [0.05, 0.1) is 12.8 Å². The second kappa shape index (κ2) is 4.86. The van der Waals surface area contributed by atoms with E-state index in [4.69, 9.17) is 10.2 Å². The topological polar surface area (TPSA) is 45.6 Å². The fourth-order valence-electron chi connectivity index (χ4n) is 3.80. The number of hydrogen-bond donors (Lipinski definition) is 1. The molecule has 0 aromatic carbocycles. The van der Waals surface area contributed by atoms with Crippen molar-refractivity contribution in [3.63, 3.8) is 0 Å². The monoisotopic (exact) mass is 275 g/mol. The standard InChI is InChI=1S/C16H25N3O/c17-11-16(7-8-18(12-16)13-3-4-13)19(14-5-6-14)10-15-2-1-9-20-15/h1-2,9,13-14H,3-8,10-12,17H2. The number of rotatable bonds is 6. The van der Waals surface area contributed by atoms with Crippen LogP contribution in [-0.4, -0.2) is 47.1 Å². The van der Waals surface area contributed by atoms with Crippen LogP contribution in [0.25, 0.3) is 0 Å². The van der Waals surface area contributed by atoms with Gasteiger partial charge in [0.15, 0.2) is 0 Å². The lowest BCUT2D eigenvalue weighted by Gasteiger charge is -2.40.